The number of aryl methyl sites for hydroxylation is 1. The fourth-order valence-electron chi connectivity index (χ4n) is 1.18. The van der Waals surface area contributed by atoms with E-state index in [0.717, 1.165) is 0 Å². The first-order chi connectivity index (χ1) is 6.56. The quantitative estimate of drug-likeness (QED) is 0.326. The number of aromatic nitrogens is 1. The summed E-state index contributed by atoms with van der Waals surface area (Å²) in [5.41, 5.74) is 0.614. The zero-order chi connectivity index (χ0) is 10.7. The smallest absolute Gasteiger partial charge is 0.282 e. The van der Waals surface area contributed by atoms with Crippen molar-refractivity contribution in [1.29, 1.82) is 0 Å². The summed E-state index contributed by atoms with van der Waals surface area (Å²) in [5, 5.41) is 24.7. The minimum atomic E-state index is -0.508. The number of rotatable bonds is 3. The molecular formula is C8H11N3O3. The number of hydrogen-bond donors (Lipinski definition) is 1. The second kappa shape index (κ2) is 4.01. The van der Waals surface area contributed by atoms with E-state index in [1.165, 1.54) is 12.1 Å². The largest absolute Gasteiger partial charge is 0.618 e. The first-order valence-electron chi connectivity index (χ1n) is 4.08. The zero-order valence-electron chi connectivity index (χ0n) is 7.98. The molecule has 0 saturated carbocycles. The summed E-state index contributed by atoms with van der Waals surface area (Å²) in [6.45, 7) is 1.85. The molecule has 1 aromatic heterocycles. The van der Waals surface area contributed by atoms with E-state index in [1.807, 2.05) is 0 Å². The van der Waals surface area contributed by atoms with Crippen molar-refractivity contribution in [3.05, 3.63) is 38.8 Å². The standard InChI is InChI=1S/C8H11N3O3/c1-6-3-7(11(13)14)4-8(5-9-2)10(6)12/h3-4,9H,5H2,1-2H3. The molecule has 6 heteroatoms. The Morgan fingerprint density at radius 1 is 1.57 bits per heavy atom. The van der Waals surface area contributed by atoms with Crippen LogP contribution in [-0.4, -0.2) is 12.0 Å². The van der Waals surface area contributed by atoms with Crippen molar-refractivity contribution in [2.45, 2.75) is 13.5 Å². The van der Waals surface area contributed by atoms with E-state index in [9.17, 15) is 15.3 Å². The third-order valence-corrected chi connectivity index (χ3v) is 1.82. The Hall–Kier alpha value is -1.69. The summed E-state index contributed by atoms with van der Waals surface area (Å²) in [4.78, 5) is 9.99. The summed E-state index contributed by atoms with van der Waals surface area (Å²) >= 11 is 0. The molecule has 76 valence electrons. The fraction of sp³-hybridized carbons (Fsp3) is 0.375. The third kappa shape index (κ3) is 1.97. The predicted molar refractivity (Wildman–Crippen MR) is 49.6 cm³/mol. The van der Waals surface area contributed by atoms with Gasteiger partial charge in [0.25, 0.3) is 5.69 Å². The molecule has 0 spiro atoms. The van der Waals surface area contributed by atoms with Crippen molar-refractivity contribution in [2.75, 3.05) is 7.05 Å². The van der Waals surface area contributed by atoms with Crippen molar-refractivity contribution < 1.29 is 9.65 Å². The lowest BCUT2D eigenvalue weighted by molar-refractivity contribution is -0.621. The van der Waals surface area contributed by atoms with Gasteiger partial charge >= 0.3 is 0 Å². The van der Waals surface area contributed by atoms with Gasteiger partial charge in [-0.25, -0.2) is 0 Å². The van der Waals surface area contributed by atoms with E-state index in [4.69, 9.17) is 0 Å². The van der Waals surface area contributed by atoms with Gasteiger partial charge in [0, 0.05) is 6.92 Å². The van der Waals surface area contributed by atoms with E-state index in [1.54, 1.807) is 14.0 Å². The van der Waals surface area contributed by atoms with Crippen molar-refractivity contribution in [3.8, 4) is 0 Å². The van der Waals surface area contributed by atoms with Gasteiger partial charge in [-0.1, -0.05) is 0 Å². The number of hydrogen-bond acceptors (Lipinski definition) is 4. The van der Waals surface area contributed by atoms with Crippen LogP contribution in [0.5, 0.6) is 0 Å². The number of pyridine rings is 1. The Balaban J connectivity index is 3.20. The minimum absolute atomic E-state index is 0.0557. The van der Waals surface area contributed by atoms with Gasteiger partial charge in [-0.2, -0.15) is 4.73 Å². The molecule has 0 bridgehead atoms. The molecule has 1 aromatic rings. The first-order valence-corrected chi connectivity index (χ1v) is 4.08. The lowest BCUT2D eigenvalue weighted by atomic mass is 10.2. The minimum Gasteiger partial charge on any atom is -0.618 e. The maximum atomic E-state index is 11.4. The van der Waals surface area contributed by atoms with Gasteiger partial charge in [0.1, 0.15) is 0 Å². The van der Waals surface area contributed by atoms with Crippen molar-refractivity contribution in [2.24, 2.45) is 0 Å². The lowest BCUT2D eigenvalue weighted by Crippen LogP contribution is -2.37. The fourth-order valence-corrected chi connectivity index (χ4v) is 1.18. The monoisotopic (exact) mass is 197 g/mol. The van der Waals surface area contributed by atoms with Crippen LogP contribution < -0.4 is 10.0 Å². The maximum Gasteiger partial charge on any atom is 0.282 e. The summed E-state index contributed by atoms with van der Waals surface area (Å²) in [5.74, 6) is 0. The molecule has 6 nitrogen and oxygen atoms in total. The molecule has 14 heavy (non-hydrogen) atoms. The average molecular weight is 197 g/mol. The number of nitrogens with one attached hydrogen (secondary N) is 1. The van der Waals surface area contributed by atoms with Gasteiger partial charge < -0.3 is 10.5 Å². The topological polar surface area (TPSA) is 82.1 Å². The van der Waals surface area contributed by atoms with Crippen molar-refractivity contribution in [1.82, 2.24) is 5.32 Å². The molecular weight excluding hydrogens is 186 g/mol. The Morgan fingerprint density at radius 2 is 2.21 bits per heavy atom. The van der Waals surface area contributed by atoms with Crippen LogP contribution in [0.4, 0.5) is 5.69 Å². The maximum absolute atomic E-state index is 11.4. The van der Waals surface area contributed by atoms with Crippen LogP contribution in [0.15, 0.2) is 12.1 Å². The molecule has 0 atom stereocenters. The van der Waals surface area contributed by atoms with Gasteiger partial charge in [-0.15, -0.1) is 0 Å². The van der Waals surface area contributed by atoms with Gasteiger partial charge in [-0.3, -0.25) is 10.1 Å². The molecule has 0 aliphatic rings. The molecule has 0 aromatic carbocycles. The highest BCUT2D eigenvalue weighted by Crippen LogP contribution is 2.12. The normalized spacial score (nSPS) is 10.1. The number of nitrogens with zero attached hydrogens (tertiary/aromatic N) is 2. The van der Waals surface area contributed by atoms with Crippen molar-refractivity contribution in [3.63, 3.8) is 0 Å². The van der Waals surface area contributed by atoms with E-state index < -0.39 is 4.92 Å². The Kier molecular flexibility index (Phi) is 2.98. The molecule has 0 fully saturated rings. The van der Waals surface area contributed by atoms with Crippen LogP contribution in [0.3, 0.4) is 0 Å². The van der Waals surface area contributed by atoms with E-state index in [0.29, 0.717) is 22.7 Å². The molecule has 0 radical (unpaired) electrons. The first kappa shape index (κ1) is 10.4. The van der Waals surface area contributed by atoms with Gasteiger partial charge in [0.05, 0.1) is 23.6 Å². The molecule has 1 N–H and O–H groups in total. The van der Waals surface area contributed by atoms with Crippen LogP contribution in [0.2, 0.25) is 0 Å². The molecule has 0 amide bonds. The average Bonchev–Trinajstić information content (AvgIpc) is 2.12. The SMILES string of the molecule is CNCc1cc([N+](=O)[O-])cc(C)[n+]1[O-]. The Morgan fingerprint density at radius 3 is 2.71 bits per heavy atom. The molecule has 0 saturated heterocycles. The molecule has 1 rings (SSSR count). The molecule has 0 unspecified atom stereocenters. The second-order valence-electron chi connectivity index (χ2n) is 2.93. The van der Waals surface area contributed by atoms with Crippen LogP contribution in [0, 0.1) is 22.2 Å². The lowest BCUT2D eigenvalue weighted by Gasteiger charge is -2.06. The Labute approximate surface area is 80.9 Å². The highest BCUT2D eigenvalue weighted by atomic mass is 16.6. The summed E-state index contributed by atoms with van der Waals surface area (Å²) in [7, 11) is 1.67. The summed E-state index contributed by atoms with van der Waals surface area (Å²) in [6, 6.07) is 2.53. The van der Waals surface area contributed by atoms with Crippen LogP contribution in [-0.2, 0) is 6.54 Å². The summed E-state index contributed by atoms with van der Waals surface area (Å²) < 4.78 is 0.684. The van der Waals surface area contributed by atoms with Gasteiger partial charge in [-0.05, 0) is 7.05 Å². The summed E-state index contributed by atoms with van der Waals surface area (Å²) in [6.07, 6.45) is 0. The van der Waals surface area contributed by atoms with Gasteiger partial charge in [0.15, 0.2) is 5.69 Å². The predicted octanol–water partition coefficient (Wildman–Crippen LogP) is 0.256. The molecule has 0 aliphatic carbocycles. The Bertz CT molecular complexity index is 365. The molecule has 1 heterocycles. The third-order valence-electron chi connectivity index (χ3n) is 1.82. The highest BCUT2D eigenvalue weighted by Gasteiger charge is 2.16. The van der Waals surface area contributed by atoms with Crippen LogP contribution in [0.1, 0.15) is 11.4 Å². The second-order valence-corrected chi connectivity index (χ2v) is 2.93. The van der Waals surface area contributed by atoms with E-state index in [2.05, 4.69) is 5.32 Å². The van der Waals surface area contributed by atoms with Gasteiger partial charge in [0.2, 0.25) is 5.69 Å². The highest BCUT2D eigenvalue weighted by molar-refractivity contribution is 5.30. The van der Waals surface area contributed by atoms with E-state index in [-0.39, 0.29) is 5.69 Å². The molecule has 0 aliphatic heterocycles. The van der Waals surface area contributed by atoms with E-state index >= 15 is 0 Å². The number of nitro groups is 1. The zero-order valence-corrected chi connectivity index (χ0v) is 7.98. The van der Waals surface area contributed by atoms with Crippen LogP contribution >= 0.6 is 0 Å². The van der Waals surface area contributed by atoms with Crippen LogP contribution in [0.25, 0.3) is 0 Å². The van der Waals surface area contributed by atoms with Crippen molar-refractivity contribution >= 4 is 5.69 Å².